The van der Waals surface area contributed by atoms with E-state index < -0.39 is 36.2 Å². The molecule has 0 spiro atoms. The van der Waals surface area contributed by atoms with Crippen LogP contribution in [0.25, 0.3) is 5.57 Å². The molecule has 0 aliphatic carbocycles. The fraction of sp³-hybridized carbons (Fsp3) is 0.524. The second-order valence-corrected chi connectivity index (χ2v) is 9.49. The minimum Gasteiger partial charge on any atom is -0.427 e. The second kappa shape index (κ2) is 8.43. The summed E-state index contributed by atoms with van der Waals surface area (Å²) in [6, 6.07) is 1.28. The molecule has 31 heavy (non-hydrogen) atoms. The summed E-state index contributed by atoms with van der Waals surface area (Å²) in [5.41, 5.74) is 0.313. The summed E-state index contributed by atoms with van der Waals surface area (Å²) in [5, 5.41) is 14.2. The predicted octanol–water partition coefficient (Wildman–Crippen LogP) is 1.52. The Morgan fingerprint density at radius 3 is 2.58 bits per heavy atom. The molecule has 1 saturated heterocycles. The van der Waals surface area contributed by atoms with Crippen molar-refractivity contribution in [2.24, 2.45) is 11.3 Å². The van der Waals surface area contributed by atoms with Gasteiger partial charge in [-0.1, -0.05) is 0 Å². The number of rotatable bonds is 6. The van der Waals surface area contributed by atoms with Crippen molar-refractivity contribution >= 4 is 40.7 Å². The number of aliphatic hydroxyl groups is 1. The van der Waals surface area contributed by atoms with Gasteiger partial charge in [0.25, 0.3) is 5.91 Å². The summed E-state index contributed by atoms with van der Waals surface area (Å²) < 4.78 is 10.1. The lowest BCUT2D eigenvalue weighted by Gasteiger charge is -2.44. The highest BCUT2D eigenvalue weighted by atomic mass is 32.1. The van der Waals surface area contributed by atoms with Crippen molar-refractivity contribution in [1.29, 1.82) is 0 Å². The number of nitrogens with zero attached hydrogens (tertiary/aromatic N) is 1. The first-order valence-corrected chi connectivity index (χ1v) is 10.7. The average Bonchev–Trinajstić information content (AvgIpc) is 3.28. The number of β-lactam (4-membered cyclic amide) rings is 1. The summed E-state index contributed by atoms with van der Waals surface area (Å²) in [6.07, 6.45) is -0.510. The van der Waals surface area contributed by atoms with Crippen LogP contribution < -0.4 is 5.32 Å². The number of esters is 2. The number of aliphatic hydroxyl groups excluding tert-OH is 1. The Kier molecular flexibility index (Phi) is 6.24. The van der Waals surface area contributed by atoms with Gasteiger partial charge in [-0.25, -0.2) is 4.79 Å². The summed E-state index contributed by atoms with van der Waals surface area (Å²) in [6.45, 7) is 5.99. The van der Waals surface area contributed by atoms with E-state index >= 15 is 0 Å². The van der Waals surface area contributed by atoms with Gasteiger partial charge in [-0.3, -0.25) is 14.4 Å². The van der Waals surface area contributed by atoms with Gasteiger partial charge in [-0.05, 0) is 40.2 Å². The molecule has 0 bridgehead atoms. The Morgan fingerprint density at radius 1 is 1.32 bits per heavy atom. The van der Waals surface area contributed by atoms with Crippen LogP contribution in [0.1, 0.15) is 49.4 Å². The number of fused-ring (bicyclic) bond motifs is 1. The van der Waals surface area contributed by atoms with E-state index in [2.05, 4.69) is 5.32 Å². The van der Waals surface area contributed by atoms with Crippen LogP contribution in [0.4, 0.5) is 0 Å². The molecule has 1 aromatic rings. The number of hydrogen-bond donors (Lipinski definition) is 2. The van der Waals surface area contributed by atoms with Crippen molar-refractivity contribution in [1.82, 2.24) is 10.2 Å². The van der Waals surface area contributed by atoms with Crippen molar-refractivity contribution in [3.8, 4) is 0 Å². The minimum atomic E-state index is -0.858. The number of hydrogen-bond acceptors (Lipinski definition) is 8. The molecule has 10 heteroatoms. The van der Waals surface area contributed by atoms with E-state index in [0.717, 1.165) is 0 Å². The summed E-state index contributed by atoms with van der Waals surface area (Å²) in [4.78, 5) is 51.3. The fourth-order valence-electron chi connectivity index (χ4n) is 3.66. The highest BCUT2D eigenvalue weighted by molar-refractivity contribution is 7.11. The van der Waals surface area contributed by atoms with Crippen molar-refractivity contribution in [3.05, 3.63) is 27.6 Å². The Labute approximate surface area is 184 Å². The third-order valence-corrected chi connectivity index (χ3v) is 6.29. The smallest absolute Gasteiger partial charge is 0.358 e. The molecule has 2 aliphatic rings. The molecular formula is C21H26N2O7S. The van der Waals surface area contributed by atoms with Crippen LogP contribution in [0.2, 0.25) is 0 Å². The van der Waals surface area contributed by atoms with Crippen LogP contribution in [0.3, 0.4) is 0 Å². The molecule has 3 heterocycles. The van der Waals surface area contributed by atoms with E-state index in [0.29, 0.717) is 22.4 Å². The molecule has 9 nitrogen and oxygen atoms in total. The number of carbonyl (C=O) groups is 4. The first kappa shape index (κ1) is 23.0. The largest absolute Gasteiger partial charge is 0.427 e. The Balaban J connectivity index is 1.86. The van der Waals surface area contributed by atoms with Crippen molar-refractivity contribution in [3.63, 3.8) is 0 Å². The van der Waals surface area contributed by atoms with Crippen molar-refractivity contribution in [2.45, 2.75) is 46.3 Å². The monoisotopic (exact) mass is 450 g/mol. The van der Waals surface area contributed by atoms with E-state index in [4.69, 9.17) is 9.47 Å². The molecule has 1 aromatic heterocycles. The van der Waals surface area contributed by atoms with Gasteiger partial charge >= 0.3 is 11.9 Å². The third kappa shape index (κ3) is 4.22. The molecule has 168 valence electrons. The highest BCUT2D eigenvalue weighted by Gasteiger charge is 2.57. The van der Waals surface area contributed by atoms with Gasteiger partial charge < -0.3 is 24.8 Å². The molecule has 0 aromatic carbocycles. The van der Waals surface area contributed by atoms with Crippen molar-refractivity contribution in [2.75, 3.05) is 13.8 Å². The van der Waals surface area contributed by atoms with E-state index in [1.165, 1.54) is 30.2 Å². The molecule has 3 rings (SSSR count). The van der Waals surface area contributed by atoms with Gasteiger partial charge in [-0.15, -0.1) is 11.3 Å². The summed E-state index contributed by atoms with van der Waals surface area (Å²) in [7, 11) is 1.52. The Morgan fingerprint density at radius 2 is 2.00 bits per heavy atom. The van der Waals surface area contributed by atoms with Gasteiger partial charge in [0.2, 0.25) is 12.7 Å². The van der Waals surface area contributed by atoms with Gasteiger partial charge in [0.05, 0.1) is 29.0 Å². The molecule has 0 unspecified atom stereocenters. The molecule has 0 radical (unpaired) electrons. The average molecular weight is 451 g/mol. The topological polar surface area (TPSA) is 122 Å². The zero-order valence-electron chi connectivity index (χ0n) is 18.1. The molecule has 3 atom stereocenters. The first-order chi connectivity index (χ1) is 14.5. The highest BCUT2D eigenvalue weighted by Crippen LogP contribution is 2.48. The van der Waals surface area contributed by atoms with Crippen LogP contribution >= 0.6 is 11.3 Å². The number of carbonyl (C=O) groups excluding carboxylic acids is 4. The van der Waals surface area contributed by atoms with Gasteiger partial charge in [0, 0.05) is 22.9 Å². The number of amides is 2. The van der Waals surface area contributed by atoms with Crippen LogP contribution in [0.15, 0.2) is 17.1 Å². The van der Waals surface area contributed by atoms with Gasteiger partial charge in [-0.2, -0.15) is 0 Å². The normalized spacial score (nSPS) is 21.4. The van der Waals surface area contributed by atoms with Crippen LogP contribution in [-0.2, 0) is 23.9 Å². The zero-order chi connectivity index (χ0) is 23.1. The quantitative estimate of drug-likeness (QED) is 0.383. The maximum Gasteiger partial charge on any atom is 0.358 e. The standard InChI is InChI=1S/C21H26N2O7S/c1-10(24)15-13-7-12(14-6-11(8-31-14)17(25)22-5)16(23(13)18(15)26)19(27)29-9-30-20(28)21(2,3)4/h6,8,10,13,15,24H,7,9H2,1-5H3,(H,22,25)/t10-,13-,15-/m1/s1. The van der Waals surface area contributed by atoms with Gasteiger partial charge in [0.1, 0.15) is 5.70 Å². The SMILES string of the molecule is CNC(=O)c1csc(C2=C(C(=O)OCOC(=O)C(C)(C)C)N3C(=O)[C@H]([C@@H](C)O)[C@H]3C2)c1. The predicted molar refractivity (Wildman–Crippen MR) is 112 cm³/mol. The lowest BCUT2D eigenvalue weighted by Crippen LogP contribution is -2.61. The van der Waals surface area contributed by atoms with Gasteiger partial charge in [0.15, 0.2) is 0 Å². The lowest BCUT2D eigenvalue weighted by atomic mass is 9.83. The van der Waals surface area contributed by atoms with Crippen LogP contribution in [-0.4, -0.2) is 59.7 Å². The van der Waals surface area contributed by atoms with Crippen LogP contribution in [0.5, 0.6) is 0 Å². The fourth-order valence-corrected chi connectivity index (χ4v) is 4.60. The number of thiophene rings is 1. The molecular weight excluding hydrogens is 424 g/mol. The van der Waals surface area contributed by atoms with E-state index in [9.17, 15) is 24.3 Å². The summed E-state index contributed by atoms with van der Waals surface area (Å²) in [5.74, 6) is -2.57. The maximum atomic E-state index is 12.9. The van der Waals surface area contributed by atoms with E-state index in [1.807, 2.05) is 0 Å². The lowest BCUT2D eigenvalue weighted by molar-refractivity contribution is -0.175. The van der Waals surface area contributed by atoms with E-state index in [1.54, 1.807) is 32.2 Å². The first-order valence-electron chi connectivity index (χ1n) is 9.87. The van der Waals surface area contributed by atoms with Crippen LogP contribution in [0, 0.1) is 11.3 Å². The summed E-state index contributed by atoms with van der Waals surface area (Å²) >= 11 is 1.27. The Bertz CT molecular complexity index is 957. The number of nitrogens with one attached hydrogen (secondary N) is 1. The Hall–Kier alpha value is -2.72. The number of ether oxygens (including phenoxy) is 2. The minimum absolute atomic E-state index is 0.0593. The van der Waals surface area contributed by atoms with Crippen molar-refractivity contribution < 1.29 is 33.8 Å². The molecule has 2 aliphatic heterocycles. The molecule has 2 N–H and O–H groups in total. The molecule has 0 saturated carbocycles. The molecule has 1 fully saturated rings. The zero-order valence-corrected chi connectivity index (χ0v) is 18.9. The third-order valence-electron chi connectivity index (χ3n) is 5.30. The molecule has 2 amide bonds. The maximum absolute atomic E-state index is 12.9. The second-order valence-electron chi connectivity index (χ2n) is 8.58. The van der Waals surface area contributed by atoms with E-state index in [-0.39, 0.29) is 23.6 Å².